The summed E-state index contributed by atoms with van der Waals surface area (Å²) in [5.74, 6) is 0. The molecule has 3 heteroatoms. The minimum absolute atomic E-state index is 0.802. The highest BCUT2D eigenvalue weighted by Crippen LogP contribution is 2.25. The molecule has 2 aromatic rings. The first-order chi connectivity index (χ1) is 7.22. The SMILES string of the molecule is Cn1cc(CCCBr)c2ccc(Cl)cc21. The average Bonchev–Trinajstić information content (AvgIpc) is 2.53. The molecule has 0 atom stereocenters. The van der Waals surface area contributed by atoms with Gasteiger partial charge in [-0.25, -0.2) is 0 Å². The van der Waals surface area contributed by atoms with Gasteiger partial charge in [-0.2, -0.15) is 0 Å². The number of hydrogen-bond acceptors (Lipinski definition) is 0. The molecule has 80 valence electrons. The molecule has 1 aromatic carbocycles. The summed E-state index contributed by atoms with van der Waals surface area (Å²) in [4.78, 5) is 0. The number of nitrogens with zero attached hydrogens (tertiary/aromatic N) is 1. The van der Waals surface area contributed by atoms with Crippen molar-refractivity contribution in [3.05, 3.63) is 35.0 Å². The van der Waals surface area contributed by atoms with Crippen molar-refractivity contribution in [3.8, 4) is 0 Å². The molecule has 0 aliphatic carbocycles. The standard InChI is InChI=1S/C12H13BrClN/c1-15-8-9(3-2-6-13)11-5-4-10(14)7-12(11)15/h4-5,7-8H,2-3,6H2,1H3. The molecular formula is C12H13BrClN. The molecular weight excluding hydrogens is 273 g/mol. The van der Waals surface area contributed by atoms with Crippen LogP contribution in [-0.4, -0.2) is 9.90 Å². The molecule has 0 aliphatic heterocycles. The first-order valence-electron chi connectivity index (χ1n) is 5.02. The Morgan fingerprint density at radius 3 is 2.93 bits per heavy atom. The van der Waals surface area contributed by atoms with Crippen molar-refractivity contribution in [1.29, 1.82) is 0 Å². The second-order valence-electron chi connectivity index (χ2n) is 3.72. The van der Waals surface area contributed by atoms with Crippen molar-refractivity contribution < 1.29 is 0 Å². The number of fused-ring (bicyclic) bond motifs is 1. The van der Waals surface area contributed by atoms with Gasteiger partial charge >= 0.3 is 0 Å². The highest BCUT2D eigenvalue weighted by Gasteiger charge is 2.06. The summed E-state index contributed by atoms with van der Waals surface area (Å²) in [6, 6.07) is 6.09. The number of hydrogen-bond donors (Lipinski definition) is 0. The number of rotatable bonds is 3. The van der Waals surface area contributed by atoms with Crippen molar-refractivity contribution in [2.24, 2.45) is 7.05 Å². The predicted octanol–water partition coefficient (Wildman–Crippen LogP) is 4.16. The Morgan fingerprint density at radius 2 is 2.20 bits per heavy atom. The first kappa shape index (κ1) is 11.0. The molecule has 0 aliphatic rings. The summed E-state index contributed by atoms with van der Waals surface area (Å²) in [7, 11) is 2.07. The summed E-state index contributed by atoms with van der Waals surface area (Å²) in [5.41, 5.74) is 2.62. The second-order valence-corrected chi connectivity index (χ2v) is 4.95. The van der Waals surface area contributed by atoms with E-state index in [9.17, 15) is 0 Å². The molecule has 1 heterocycles. The van der Waals surface area contributed by atoms with E-state index in [1.807, 2.05) is 12.1 Å². The summed E-state index contributed by atoms with van der Waals surface area (Å²) in [5, 5.41) is 3.18. The molecule has 15 heavy (non-hydrogen) atoms. The van der Waals surface area contributed by atoms with Crippen LogP contribution in [0.4, 0.5) is 0 Å². The van der Waals surface area contributed by atoms with Gasteiger partial charge in [0, 0.05) is 34.5 Å². The number of alkyl halides is 1. The number of aromatic nitrogens is 1. The van der Waals surface area contributed by atoms with E-state index in [1.165, 1.54) is 22.9 Å². The van der Waals surface area contributed by atoms with Crippen molar-refractivity contribution >= 4 is 38.4 Å². The summed E-state index contributed by atoms with van der Waals surface area (Å²) >= 11 is 9.44. The molecule has 0 bridgehead atoms. The Balaban J connectivity index is 2.48. The third kappa shape index (κ3) is 2.21. The fraction of sp³-hybridized carbons (Fsp3) is 0.333. The molecule has 0 fully saturated rings. The third-order valence-corrected chi connectivity index (χ3v) is 3.41. The molecule has 1 aromatic heterocycles. The Bertz CT molecular complexity index is 476. The lowest BCUT2D eigenvalue weighted by Gasteiger charge is -1.97. The zero-order valence-corrected chi connectivity index (χ0v) is 11.0. The van der Waals surface area contributed by atoms with Crippen LogP contribution in [0.1, 0.15) is 12.0 Å². The number of halogens is 2. The van der Waals surface area contributed by atoms with Crippen LogP contribution in [0.5, 0.6) is 0 Å². The molecule has 1 nitrogen and oxygen atoms in total. The normalized spacial score (nSPS) is 11.1. The zero-order chi connectivity index (χ0) is 10.8. The van der Waals surface area contributed by atoms with Gasteiger partial charge in [-0.3, -0.25) is 0 Å². The van der Waals surface area contributed by atoms with Crippen LogP contribution < -0.4 is 0 Å². The molecule has 0 unspecified atom stereocenters. The maximum Gasteiger partial charge on any atom is 0.0495 e. The Kier molecular flexibility index (Phi) is 3.37. The minimum atomic E-state index is 0.802. The van der Waals surface area contributed by atoms with Gasteiger partial charge in [-0.15, -0.1) is 0 Å². The van der Waals surface area contributed by atoms with Crippen molar-refractivity contribution in [2.75, 3.05) is 5.33 Å². The lowest BCUT2D eigenvalue weighted by atomic mass is 10.1. The predicted molar refractivity (Wildman–Crippen MR) is 70.0 cm³/mol. The molecule has 0 saturated heterocycles. The topological polar surface area (TPSA) is 4.93 Å². The molecule has 2 rings (SSSR count). The van der Waals surface area contributed by atoms with Crippen LogP contribution in [0.15, 0.2) is 24.4 Å². The van der Waals surface area contributed by atoms with Gasteiger partial charge in [0.15, 0.2) is 0 Å². The monoisotopic (exact) mass is 285 g/mol. The smallest absolute Gasteiger partial charge is 0.0495 e. The van der Waals surface area contributed by atoms with Crippen LogP contribution in [0, 0.1) is 0 Å². The van der Waals surface area contributed by atoms with E-state index in [-0.39, 0.29) is 0 Å². The Labute approximate surface area is 103 Å². The third-order valence-electron chi connectivity index (χ3n) is 2.61. The lowest BCUT2D eigenvalue weighted by molar-refractivity contribution is 0.913. The molecule has 0 radical (unpaired) electrons. The largest absolute Gasteiger partial charge is 0.350 e. The van der Waals surface area contributed by atoms with Gasteiger partial charge in [-0.05, 0) is 30.5 Å². The van der Waals surface area contributed by atoms with Gasteiger partial charge in [-0.1, -0.05) is 33.6 Å². The highest BCUT2D eigenvalue weighted by atomic mass is 79.9. The Hall–Kier alpha value is -0.470. The van der Waals surface area contributed by atoms with E-state index in [1.54, 1.807) is 0 Å². The van der Waals surface area contributed by atoms with Crippen LogP contribution in [0.25, 0.3) is 10.9 Å². The average molecular weight is 287 g/mol. The fourth-order valence-corrected chi connectivity index (χ4v) is 2.34. The summed E-state index contributed by atoms with van der Waals surface area (Å²) < 4.78 is 2.14. The van der Waals surface area contributed by atoms with E-state index in [0.29, 0.717) is 0 Å². The van der Waals surface area contributed by atoms with Gasteiger partial charge in [0.2, 0.25) is 0 Å². The molecule has 0 N–H and O–H groups in total. The van der Waals surface area contributed by atoms with Crippen LogP contribution in [-0.2, 0) is 13.5 Å². The highest BCUT2D eigenvalue weighted by molar-refractivity contribution is 9.09. The maximum atomic E-state index is 5.98. The summed E-state index contributed by atoms with van der Waals surface area (Å²) in [6.45, 7) is 0. The van der Waals surface area contributed by atoms with Gasteiger partial charge < -0.3 is 4.57 Å². The molecule has 0 amide bonds. The van der Waals surface area contributed by atoms with Crippen molar-refractivity contribution in [2.45, 2.75) is 12.8 Å². The lowest BCUT2D eigenvalue weighted by Crippen LogP contribution is -1.84. The van der Waals surface area contributed by atoms with Gasteiger partial charge in [0.05, 0.1) is 0 Å². The van der Waals surface area contributed by atoms with E-state index in [4.69, 9.17) is 11.6 Å². The Morgan fingerprint density at radius 1 is 1.40 bits per heavy atom. The first-order valence-corrected chi connectivity index (χ1v) is 6.51. The van der Waals surface area contributed by atoms with E-state index < -0.39 is 0 Å². The van der Waals surface area contributed by atoms with Crippen LogP contribution >= 0.6 is 27.5 Å². The van der Waals surface area contributed by atoms with E-state index >= 15 is 0 Å². The summed E-state index contributed by atoms with van der Waals surface area (Å²) in [6.07, 6.45) is 4.48. The molecule has 0 spiro atoms. The van der Waals surface area contributed by atoms with Crippen molar-refractivity contribution in [3.63, 3.8) is 0 Å². The quantitative estimate of drug-likeness (QED) is 0.747. The van der Waals surface area contributed by atoms with E-state index in [0.717, 1.165) is 16.8 Å². The minimum Gasteiger partial charge on any atom is -0.350 e. The maximum absolute atomic E-state index is 5.98. The van der Waals surface area contributed by atoms with E-state index in [2.05, 4.69) is 39.8 Å². The zero-order valence-electron chi connectivity index (χ0n) is 8.63. The number of benzene rings is 1. The molecule has 0 saturated carbocycles. The van der Waals surface area contributed by atoms with Gasteiger partial charge in [0.25, 0.3) is 0 Å². The van der Waals surface area contributed by atoms with Crippen molar-refractivity contribution in [1.82, 2.24) is 4.57 Å². The van der Waals surface area contributed by atoms with Crippen LogP contribution in [0.3, 0.4) is 0 Å². The second kappa shape index (κ2) is 4.58. The van der Waals surface area contributed by atoms with Gasteiger partial charge in [0.1, 0.15) is 0 Å². The van der Waals surface area contributed by atoms with Crippen LogP contribution in [0.2, 0.25) is 5.02 Å². The fourth-order valence-electron chi connectivity index (χ4n) is 1.90. The number of aryl methyl sites for hydroxylation is 2.